The number of halogens is 5. The average molecular weight is 590 g/mol. The normalized spacial score (nSPS) is 22.9. The molecule has 11 heteroatoms. The number of nitrogens with one attached hydrogen (secondary N) is 1. The molecule has 1 aromatic heterocycles. The molecule has 1 N–H and O–H groups in total. The smallest absolute Gasteiger partial charge is 0.266 e. The fourth-order valence-corrected chi connectivity index (χ4v) is 5.81. The monoisotopic (exact) mass is 589 g/mol. The molecular weight excluding hydrogens is 553 g/mol. The number of benzene rings is 2. The van der Waals surface area contributed by atoms with Gasteiger partial charge in [-0.05, 0) is 56.5 Å². The summed E-state index contributed by atoms with van der Waals surface area (Å²) in [5, 5.41) is 2.62. The highest BCUT2D eigenvalue weighted by Crippen LogP contribution is 2.43. The summed E-state index contributed by atoms with van der Waals surface area (Å²) in [6.07, 6.45) is 2.66. The first-order valence-corrected chi connectivity index (χ1v) is 14.1. The summed E-state index contributed by atoms with van der Waals surface area (Å²) in [7, 11) is 0. The summed E-state index contributed by atoms with van der Waals surface area (Å²) < 4.78 is 74.7. The Kier molecular flexibility index (Phi) is 7.85. The molecule has 0 aliphatic carbocycles. The van der Waals surface area contributed by atoms with Crippen LogP contribution < -0.4 is 10.2 Å². The van der Waals surface area contributed by atoms with Crippen molar-refractivity contribution in [1.29, 1.82) is 0 Å². The Morgan fingerprint density at radius 2 is 1.79 bits per heavy atom. The fraction of sp³-hybridized carbons (Fsp3) is 0.484. The van der Waals surface area contributed by atoms with Gasteiger partial charge in [-0.3, -0.25) is 15.0 Å². The molecule has 2 aliphatic heterocycles. The predicted octanol–water partition coefficient (Wildman–Crippen LogP) is 6.30. The van der Waals surface area contributed by atoms with Crippen LogP contribution in [0.2, 0.25) is 0 Å². The van der Waals surface area contributed by atoms with Gasteiger partial charge >= 0.3 is 0 Å². The van der Waals surface area contributed by atoms with Gasteiger partial charge in [0.15, 0.2) is 0 Å². The zero-order chi connectivity index (χ0) is 30.4. The second kappa shape index (κ2) is 11.0. The number of anilines is 2. The van der Waals surface area contributed by atoms with Gasteiger partial charge in [0.1, 0.15) is 11.6 Å². The second-order valence-electron chi connectivity index (χ2n) is 12.4. The van der Waals surface area contributed by atoms with Gasteiger partial charge in [-0.15, -0.1) is 0 Å². The molecule has 5 rings (SSSR count). The molecular formula is C31H36F5N5O. The van der Waals surface area contributed by atoms with Crippen LogP contribution in [0.15, 0.2) is 48.8 Å². The van der Waals surface area contributed by atoms with E-state index in [2.05, 4.69) is 10.3 Å². The number of nitrogens with zero attached hydrogens (tertiary/aromatic N) is 4. The van der Waals surface area contributed by atoms with Crippen LogP contribution in [0.3, 0.4) is 0 Å². The predicted molar refractivity (Wildman–Crippen MR) is 152 cm³/mol. The number of aromatic nitrogens is 2. The molecule has 42 heavy (non-hydrogen) atoms. The number of piperidine rings is 1. The summed E-state index contributed by atoms with van der Waals surface area (Å²) in [4.78, 5) is 21.6. The number of rotatable bonds is 6. The topological polar surface area (TPSA) is 53.4 Å². The molecule has 6 nitrogen and oxygen atoms in total. The maximum atomic E-state index is 16.9. The maximum Gasteiger partial charge on any atom is 0.266 e. The van der Waals surface area contributed by atoms with Gasteiger partial charge in [0.25, 0.3) is 11.8 Å². The highest BCUT2D eigenvalue weighted by Gasteiger charge is 2.56. The number of likely N-dealkylation sites (tertiary alicyclic amines) is 1. The lowest BCUT2D eigenvalue weighted by atomic mass is 9.85. The van der Waals surface area contributed by atoms with Crippen molar-refractivity contribution in [3.05, 3.63) is 77.1 Å². The fourth-order valence-electron chi connectivity index (χ4n) is 5.81. The number of carbonyl (C=O) groups is 1. The number of amides is 1. The number of aryl methyl sites for hydroxylation is 1. The number of alkyl halides is 3. The van der Waals surface area contributed by atoms with E-state index < -0.39 is 40.6 Å². The molecule has 3 aromatic rings. The van der Waals surface area contributed by atoms with Crippen LogP contribution in [0.1, 0.15) is 56.2 Å². The van der Waals surface area contributed by atoms with Crippen LogP contribution in [-0.2, 0) is 11.3 Å². The third kappa shape index (κ3) is 6.02. The summed E-state index contributed by atoms with van der Waals surface area (Å²) in [5.74, 6) is -6.43. The first-order valence-electron chi connectivity index (χ1n) is 14.1. The van der Waals surface area contributed by atoms with Crippen molar-refractivity contribution in [3.63, 3.8) is 0 Å². The van der Waals surface area contributed by atoms with E-state index >= 15 is 4.39 Å². The highest BCUT2D eigenvalue weighted by molar-refractivity contribution is 5.97. The Morgan fingerprint density at radius 3 is 2.45 bits per heavy atom. The Morgan fingerprint density at radius 1 is 1.07 bits per heavy atom. The number of hydrogen-bond donors (Lipinski definition) is 1. The Balaban J connectivity index is 1.41. The molecule has 0 unspecified atom stereocenters. The molecule has 2 saturated heterocycles. The molecule has 226 valence electrons. The molecule has 2 fully saturated rings. The third-order valence-corrected chi connectivity index (χ3v) is 8.40. The van der Waals surface area contributed by atoms with E-state index in [0.29, 0.717) is 6.07 Å². The largest absolute Gasteiger partial charge is 0.371 e. The summed E-state index contributed by atoms with van der Waals surface area (Å²) in [6, 6.07) is 8.73. The minimum absolute atomic E-state index is 0.0615. The SMILES string of the molecule is Cc1ccc(Cn2ccnc2NC(=O)[C@]2(F)CN(C(C)(C)C)C[C@H]2c2ccc(F)cc2F)c(N2CCC(F)(F)CC2)c1. The standard InChI is InChI=1S/C31H36F5N5O/c1-20-5-6-21(26(15-20)39-12-9-30(34,35)10-13-39)17-40-14-11-37-28(40)38-27(42)31(36)19-41(29(2,3)4)18-24(31)23-8-7-22(32)16-25(23)33/h5-8,11,14-16,24H,9-10,12-13,17-19H2,1-4H3,(H,37,38,42)/t24-,31-/m0/s1. The quantitative estimate of drug-likeness (QED) is 0.343. The van der Waals surface area contributed by atoms with Gasteiger partial charge in [0.05, 0.1) is 6.54 Å². The van der Waals surface area contributed by atoms with Crippen LogP contribution in [-0.4, -0.2) is 63.7 Å². The van der Waals surface area contributed by atoms with Gasteiger partial charge in [-0.1, -0.05) is 18.2 Å². The zero-order valence-corrected chi connectivity index (χ0v) is 24.2. The second-order valence-corrected chi connectivity index (χ2v) is 12.4. The van der Waals surface area contributed by atoms with Crippen LogP contribution in [0.5, 0.6) is 0 Å². The first-order chi connectivity index (χ1) is 19.7. The number of imidazole rings is 1. The molecule has 0 saturated carbocycles. The molecule has 0 spiro atoms. The van der Waals surface area contributed by atoms with E-state index in [1.54, 1.807) is 15.7 Å². The van der Waals surface area contributed by atoms with E-state index in [4.69, 9.17) is 0 Å². The molecule has 1 amide bonds. The van der Waals surface area contributed by atoms with Crippen LogP contribution >= 0.6 is 0 Å². The van der Waals surface area contributed by atoms with Gasteiger partial charge in [-0.2, -0.15) is 0 Å². The summed E-state index contributed by atoms with van der Waals surface area (Å²) in [5.41, 5.74) is -0.477. The van der Waals surface area contributed by atoms with E-state index in [1.807, 2.05) is 50.8 Å². The van der Waals surface area contributed by atoms with Crippen molar-refractivity contribution in [1.82, 2.24) is 14.5 Å². The van der Waals surface area contributed by atoms with Gasteiger partial charge < -0.3 is 9.47 Å². The lowest BCUT2D eigenvalue weighted by molar-refractivity contribution is -0.127. The van der Waals surface area contributed by atoms with Crippen molar-refractivity contribution in [2.24, 2.45) is 0 Å². The van der Waals surface area contributed by atoms with E-state index in [0.717, 1.165) is 22.9 Å². The molecule has 0 radical (unpaired) electrons. The third-order valence-electron chi connectivity index (χ3n) is 8.40. The van der Waals surface area contributed by atoms with Gasteiger partial charge in [-0.25, -0.2) is 26.9 Å². The zero-order valence-electron chi connectivity index (χ0n) is 24.2. The van der Waals surface area contributed by atoms with Crippen LogP contribution in [0.4, 0.5) is 33.6 Å². The van der Waals surface area contributed by atoms with Crippen molar-refractivity contribution >= 4 is 17.5 Å². The van der Waals surface area contributed by atoms with Crippen LogP contribution in [0.25, 0.3) is 0 Å². The lowest BCUT2D eigenvalue weighted by Crippen LogP contribution is -2.47. The van der Waals surface area contributed by atoms with Gasteiger partial charge in [0, 0.05) is 74.6 Å². The minimum atomic E-state index is -2.68. The van der Waals surface area contributed by atoms with Crippen molar-refractivity contribution in [2.45, 2.75) is 70.1 Å². The van der Waals surface area contributed by atoms with Crippen LogP contribution in [0, 0.1) is 18.6 Å². The van der Waals surface area contributed by atoms with Crippen molar-refractivity contribution in [2.75, 3.05) is 36.4 Å². The Bertz CT molecular complexity index is 1460. The first kappa shape index (κ1) is 30.0. The van der Waals surface area contributed by atoms with Crippen molar-refractivity contribution in [3.8, 4) is 0 Å². The number of hydrogen-bond acceptors (Lipinski definition) is 4. The maximum absolute atomic E-state index is 16.9. The molecule has 2 aromatic carbocycles. The highest BCUT2D eigenvalue weighted by atomic mass is 19.3. The Labute approximate surface area is 242 Å². The molecule has 2 aliphatic rings. The molecule has 0 bridgehead atoms. The Hall–Kier alpha value is -3.47. The summed E-state index contributed by atoms with van der Waals surface area (Å²) in [6.45, 7) is 8.02. The minimum Gasteiger partial charge on any atom is -0.371 e. The molecule has 3 heterocycles. The average Bonchev–Trinajstić information content (AvgIpc) is 3.49. The summed E-state index contributed by atoms with van der Waals surface area (Å²) >= 11 is 0. The van der Waals surface area contributed by atoms with E-state index in [-0.39, 0.29) is 57.1 Å². The molecule has 2 atom stereocenters. The number of carbonyl (C=O) groups excluding carboxylic acids is 1. The lowest BCUT2D eigenvalue weighted by Gasteiger charge is -2.35. The van der Waals surface area contributed by atoms with Crippen molar-refractivity contribution < 1.29 is 26.7 Å². The van der Waals surface area contributed by atoms with E-state index in [9.17, 15) is 22.4 Å². The van der Waals surface area contributed by atoms with Gasteiger partial charge in [0.2, 0.25) is 11.6 Å². The van der Waals surface area contributed by atoms with E-state index in [1.165, 1.54) is 12.3 Å².